The first-order valence-electron chi connectivity index (χ1n) is 8.57. The Bertz CT molecular complexity index is 761. The number of thiazole rings is 1. The number of fused-ring (bicyclic) bond motifs is 1. The molecule has 3 aliphatic heterocycles. The van der Waals surface area contributed by atoms with Crippen molar-refractivity contribution in [3.8, 4) is 22.1 Å². The fraction of sp³-hybridized carbons (Fsp3) is 0.500. The van der Waals surface area contributed by atoms with E-state index in [-0.39, 0.29) is 12.4 Å². The van der Waals surface area contributed by atoms with Crippen LogP contribution >= 0.6 is 23.7 Å². The monoisotopic (exact) mass is 379 g/mol. The van der Waals surface area contributed by atoms with Gasteiger partial charge in [-0.3, -0.25) is 4.90 Å². The molecule has 1 aromatic heterocycles. The van der Waals surface area contributed by atoms with E-state index in [1.807, 2.05) is 12.1 Å². The number of rotatable bonds is 3. The molecule has 1 N–H and O–H groups in total. The summed E-state index contributed by atoms with van der Waals surface area (Å²) in [7, 11) is 0. The molecule has 0 saturated carbocycles. The van der Waals surface area contributed by atoms with Crippen molar-refractivity contribution in [3.05, 3.63) is 29.3 Å². The van der Waals surface area contributed by atoms with Crippen LogP contribution in [-0.2, 0) is 6.54 Å². The Hall–Kier alpha value is -1.34. The molecule has 2 fully saturated rings. The molecule has 5 rings (SSSR count). The standard InChI is InChI=1S/C18H21N3O2S.ClH/c1-2-15-16(23-12-22-15)7-13(1)17-20-14(9-24-17)8-21-6-4-18(11-21)3-5-19-10-18;/h1-2,7,9,19H,3-6,8,10-12H2;1H. The number of ether oxygens (including phenoxy) is 2. The molecule has 1 atom stereocenters. The second kappa shape index (κ2) is 6.76. The first-order valence-corrected chi connectivity index (χ1v) is 9.45. The topological polar surface area (TPSA) is 46.6 Å². The van der Waals surface area contributed by atoms with Crippen LogP contribution in [0.5, 0.6) is 11.5 Å². The highest BCUT2D eigenvalue weighted by Gasteiger charge is 2.40. The average molecular weight is 380 g/mol. The molecular weight excluding hydrogens is 358 g/mol. The van der Waals surface area contributed by atoms with Gasteiger partial charge in [0.2, 0.25) is 6.79 Å². The molecule has 5 nitrogen and oxygen atoms in total. The van der Waals surface area contributed by atoms with Crippen LogP contribution in [0.15, 0.2) is 23.6 Å². The Morgan fingerprint density at radius 1 is 1.24 bits per heavy atom. The maximum absolute atomic E-state index is 5.47. The number of likely N-dealkylation sites (tertiary alicyclic amines) is 1. The third kappa shape index (κ3) is 3.24. The van der Waals surface area contributed by atoms with Crippen molar-refractivity contribution < 1.29 is 9.47 Å². The van der Waals surface area contributed by atoms with E-state index in [4.69, 9.17) is 14.5 Å². The highest BCUT2D eigenvalue weighted by Crippen LogP contribution is 2.38. The first kappa shape index (κ1) is 17.1. The van der Waals surface area contributed by atoms with Crippen LogP contribution in [0.25, 0.3) is 10.6 Å². The van der Waals surface area contributed by atoms with Crippen molar-refractivity contribution in [2.75, 3.05) is 33.0 Å². The summed E-state index contributed by atoms with van der Waals surface area (Å²) in [6.07, 6.45) is 2.64. The van der Waals surface area contributed by atoms with Crippen molar-refractivity contribution in [1.29, 1.82) is 0 Å². The molecule has 134 valence electrons. The highest BCUT2D eigenvalue weighted by molar-refractivity contribution is 7.13. The lowest BCUT2D eigenvalue weighted by Crippen LogP contribution is -2.29. The molecule has 0 aliphatic carbocycles. The highest BCUT2D eigenvalue weighted by atomic mass is 35.5. The zero-order valence-electron chi connectivity index (χ0n) is 14.0. The third-order valence-corrected chi connectivity index (χ3v) is 6.35. The molecule has 1 unspecified atom stereocenters. The van der Waals surface area contributed by atoms with Crippen LogP contribution in [0.1, 0.15) is 18.5 Å². The zero-order chi connectivity index (χ0) is 16.0. The molecule has 0 amide bonds. The summed E-state index contributed by atoms with van der Waals surface area (Å²) < 4.78 is 10.8. The molecular formula is C18H22ClN3O2S. The van der Waals surface area contributed by atoms with Gasteiger partial charge < -0.3 is 14.8 Å². The average Bonchev–Trinajstić information content (AvgIpc) is 3.37. The SMILES string of the molecule is Cl.c1cc2c(cc1-c1nc(CN3CCC4(CCNC4)C3)cs1)OCO2. The zero-order valence-corrected chi connectivity index (χ0v) is 15.6. The quantitative estimate of drug-likeness (QED) is 0.887. The van der Waals surface area contributed by atoms with Crippen LogP contribution in [0, 0.1) is 5.41 Å². The molecule has 2 saturated heterocycles. The minimum absolute atomic E-state index is 0. The van der Waals surface area contributed by atoms with Crippen LogP contribution in [0.2, 0.25) is 0 Å². The Labute approximate surface area is 157 Å². The van der Waals surface area contributed by atoms with E-state index in [2.05, 4.69) is 21.7 Å². The molecule has 1 aromatic carbocycles. The number of nitrogens with zero attached hydrogens (tertiary/aromatic N) is 2. The molecule has 2 aromatic rings. The van der Waals surface area contributed by atoms with Gasteiger partial charge in [0.1, 0.15) is 5.01 Å². The number of benzene rings is 1. The van der Waals surface area contributed by atoms with Gasteiger partial charge in [-0.2, -0.15) is 0 Å². The predicted molar refractivity (Wildman–Crippen MR) is 101 cm³/mol. The van der Waals surface area contributed by atoms with E-state index in [1.54, 1.807) is 11.3 Å². The summed E-state index contributed by atoms with van der Waals surface area (Å²) in [5.41, 5.74) is 2.81. The number of halogens is 1. The van der Waals surface area contributed by atoms with Gasteiger partial charge in [0, 0.05) is 30.6 Å². The van der Waals surface area contributed by atoms with Crippen LogP contribution < -0.4 is 14.8 Å². The number of hydrogen-bond donors (Lipinski definition) is 1. The van der Waals surface area contributed by atoms with E-state index in [1.165, 1.54) is 44.7 Å². The minimum atomic E-state index is 0. The van der Waals surface area contributed by atoms with E-state index < -0.39 is 0 Å². The summed E-state index contributed by atoms with van der Waals surface area (Å²) >= 11 is 1.71. The Morgan fingerprint density at radius 3 is 3.04 bits per heavy atom. The van der Waals surface area contributed by atoms with Crippen LogP contribution in [0.3, 0.4) is 0 Å². The smallest absolute Gasteiger partial charge is 0.231 e. The summed E-state index contributed by atoms with van der Waals surface area (Å²) in [5.74, 6) is 1.64. The van der Waals surface area contributed by atoms with E-state index in [0.717, 1.165) is 28.6 Å². The lowest BCUT2D eigenvalue weighted by atomic mass is 9.87. The normalized spacial score (nSPS) is 24.8. The van der Waals surface area contributed by atoms with Crippen LogP contribution in [-0.4, -0.2) is 42.9 Å². The van der Waals surface area contributed by atoms with Gasteiger partial charge in [-0.25, -0.2) is 4.98 Å². The molecule has 0 radical (unpaired) electrons. The Balaban J connectivity index is 0.00000157. The van der Waals surface area contributed by atoms with Crippen molar-refractivity contribution >= 4 is 23.7 Å². The fourth-order valence-electron chi connectivity index (χ4n) is 4.08. The van der Waals surface area contributed by atoms with Gasteiger partial charge in [-0.1, -0.05) is 0 Å². The maximum atomic E-state index is 5.47. The van der Waals surface area contributed by atoms with Crippen LogP contribution in [0.4, 0.5) is 0 Å². The first-order chi connectivity index (χ1) is 11.8. The summed E-state index contributed by atoms with van der Waals surface area (Å²) in [4.78, 5) is 7.41. The summed E-state index contributed by atoms with van der Waals surface area (Å²) in [5, 5.41) is 6.77. The van der Waals surface area contributed by atoms with Gasteiger partial charge in [-0.05, 0) is 49.5 Å². The van der Waals surface area contributed by atoms with Gasteiger partial charge in [0.05, 0.1) is 5.69 Å². The van der Waals surface area contributed by atoms with Gasteiger partial charge in [-0.15, -0.1) is 23.7 Å². The predicted octanol–water partition coefficient (Wildman–Crippen LogP) is 3.15. The van der Waals surface area contributed by atoms with Gasteiger partial charge >= 0.3 is 0 Å². The number of aromatic nitrogens is 1. The van der Waals surface area contributed by atoms with Crippen molar-refractivity contribution in [3.63, 3.8) is 0 Å². The lowest BCUT2D eigenvalue weighted by molar-refractivity contribution is 0.174. The number of hydrogen-bond acceptors (Lipinski definition) is 6. The fourth-order valence-corrected chi connectivity index (χ4v) is 4.89. The molecule has 25 heavy (non-hydrogen) atoms. The Kier molecular flexibility index (Phi) is 4.62. The maximum Gasteiger partial charge on any atom is 0.231 e. The Morgan fingerprint density at radius 2 is 2.16 bits per heavy atom. The molecule has 3 aliphatic rings. The number of nitrogens with one attached hydrogen (secondary N) is 1. The van der Waals surface area contributed by atoms with Crippen molar-refractivity contribution in [2.45, 2.75) is 19.4 Å². The van der Waals surface area contributed by atoms with Crippen molar-refractivity contribution in [1.82, 2.24) is 15.2 Å². The second-order valence-corrected chi connectivity index (χ2v) is 7.96. The molecule has 1 spiro atoms. The third-order valence-electron chi connectivity index (χ3n) is 5.41. The molecule has 0 bridgehead atoms. The van der Waals surface area contributed by atoms with Gasteiger partial charge in [0.15, 0.2) is 11.5 Å². The largest absolute Gasteiger partial charge is 0.454 e. The van der Waals surface area contributed by atoms with E-state index in [9.17, 15) is 0 Å². The second-order valence-electron chi connectivity index (χ2n) is 7.10. The minimum Gasteiger partial charge on any atom is -0.454 e. The molecule has 7 heteroatoms. The molecule has 4 heterocycles. The van der Waals surface area contributed by atoms with E-state index in [0.29, 0.717) is 12.2 Å². The summed E-state index contributed by atoms with van der Waals surface area (Å²) in [6, 6.07) is 6.06. The lowest BCUT2D eigenvalue weighted by Gasteiger charge is -2.22. The van der Waals surface area contributed by atoms with Crippen molar-refractivity contribution in [2.24, 2.45) is 5.41 Å². The van der Waals surface area contributed by atoms with Gasteiger partial charge in [0.25, 0.3) is 0 Å². The van der Waals surface area contributed by atoms with E-state index >= 15 is 0 Å². The summed E-state index contributed by atoms with van der Waals surface area (Å²) in [6.45, 7) is 6.04.